The number of nitrogens with zero attached hydrogens (tertiary/aromatic N) is 2. The predicted octanol–water partition coefficient (Wildman–Crippen LogP) is 1.30. The van der Waals surface area contributed by atoms with Gasteiger partial charge in [-0.05, 0) is 25.7 Å². The molecule has 1 amide bonds. The predicted molar refractivity (Wildman–Crippen MR) is 70.8 cm³/mol. The molecule has 0 atom stereocenters. The first-order valence-corrected chi connectivity index (χ1v) is 7.21. The van der Waals surface area contributed by atoms with Crippen molar-refractivity contribution in [3.63, 3.8) is 0 Å². The third kappa shape index (κ3) is 3.15. The third-order valence-corrected chi connectivity index (χ3v) is 3.93. The summed E-state index contributed by atoms with van der Waals surface area (Å²) in [6.07, 6.45) is 8.08. The molecular formula is C14H21N3O2. The van der Waals surface area contributed by atoms with E-state index in [2.05, 4.69) is 14.9 Å². The van der Waals surface area contributed by atoms with E-state index in [0.717, 1.165) is 19.4 Å². The Morgan fingerprint density at radius 3 is 2.89 bits per heavy atom. The van der Waals surface area contributed by atoms with Crippen molar-refractivity contribution >= 4 is 5.91 Å². The number of nitrogens with one attached hydrogen (secondary N) is 1. The van der Waals surface area contributed by atoms with E-state index in [-0.39, 0.29) is 11.8 Å². The van der Waals surface area contributed by atoms with Gasteiger partial charge < -0.3 is 14.6 Å². The minimum absolute atomic E-state index is 0.138. The maximum atomic E-state index is 12.0. The second kappa shape index (κ2) is 5.74. The second-order valence-corrected chi connectivity index (χ2v) is 5.43. The average Bonchev–Trinajstić information content (AvgIpc) is 3.19. The number of imidazole rings is 1. The summed E-state index contributed by atoms with van der Waals surface area (Å²) in [7, 11) is 0. The van der Waals surface area contributed by atoms with Crippen LogP contribution in [0.4, 0.5) is 0 Å². The third-order valence-electron chi connectivity index (χ3n) is 3.93. The van der Waals surface area contributed by atoms with Crippen LogP contribution in [-0.4, -0.2) is 35.2 Å². The highest BCUT2D eigenvalue weighted by Gasteiger charge is 2.27. The lowest BCUT2D eigenvalue weighted by Crippen LogP contribution is -2.36. The molecule has 1 saturated carbocycles. The lowest BCUT2D eigenvalue weighted by molar-refractivity contribution is -0.127. The molecule has 1 aromatic heterocycles. The van der Waals surface area contributed by atoms with E-state index < -0.39 is 0 Å². The normalized spacial score (nSPS) is 20.4. The Balaban J connectivity index is 1.44. The first kappa shape index (κ1) is 12.7. The average molecular weight is 263 g/mol. The molecule has 5 nitrogen and oxygen atoms in total. The van der Waals surface area contributed by atoms with Gasteiger partial charge >= 0.3 is 0 Å². The molecule has 1 aliphatic heterocycles. The van der Waals surface area contributed by atoms with Crippen LogP contribution in [-0.2, 0) is 16.1 Å². The molecule has 2 heterocycles. The van der Waals surface area contributed by atoms with E-state index >= 15 is 0 Å². The molecule has 19 heavy (non-hydrogen) atoms. The number of hydrogen-bond acceptors (Lipinski definition) is 3. The van der Waals surface area contributed by atoms with E-state index in [1.807, 2.05) is 12.4 Å². The summed E-state index contributed by atoms with van der Waals surface area (Å²) in [6, 6.07) is 0. The largest absolute Gasteiger partial charge is 0.381 e. The van der Waals surface area contributed by atoms with Gasteiger partial charge in [-0.1, -0.05) is 0 Å². The van der Waals surface area contributed by atoms with Gasteiger partial charge in [0.2, 0.25) is 5.91 Å². The number of hydrogen-bond donors (Lipinski definition) is 1. The fourth-order valence-electron chi connectivity index (χ4n) is 2.61. The first-order chi connectivity index (χ1) is 9.34. The first-order valence-electron chi connectivity index (χ1n) is 7.21. The van der Waals surface area contributed by atoms with E-state index in [4.69, 9.17) is 4.74 Å². The molecule has 0 bridgehead atoms. The van der Waals surface area contributed by atoms with Crippen LogP contribution in [0.2, 0.25) is 0 Å². The molecule has 1 N–H and O–H groups in total. The number of amides is 1. The molecule has 104 valence electrons. The van der Waals surface area contributed by atoms with E-state index in [1.54, 1.807) is 0 Å². The molecule has 2 fully saturated rings. The Bertz CT molecular complexity index is 434. The zero-order valence-corrected chi connectivity index (χ0v) is 11.2. The van der Waals surface area contributed by atoms with Gasteiger partial charge in [0.15, 0.2) is 0 Å². The zero-order chi connectivity index (χ0) is 13.1. The summed E-state index contributed by atoms with van der Waals surface area (Å²) >= 11 is 0. The monoisotopic (exact) mass is 263 g/mol. The smallest absolute Gasteiger partial charge is 0.223 e. The maximum Gasteiger partial charge on any atom is 0.223 e. The van der Waals surface area contributed by atoms with Gasteiger partial charge in [0.25, 0.3) is 0 Å². The molecule has 0 aromatic carbocycles. The van der Waals surface area contributed by atoms with Crippen molar-refractivity contribution in [3.8, 4) is 0 Å². The van der Waals surface area contributed by atoms with Crippen molar-refractivity contribution in [1.29, 1.82) is 0 Å². The Hall–Kier alpha value is -1.36. The Kier molecular flexibility index (Phi) is 3.82. The van der Waals surface area contributed by atoms with Crippen LogP contribution in [0.3, 0.4) is 0 Å². The van der Waals surface area contributed by atoms with Crippen LogP contribution in [0.5, 0.6) is 0 Å². The van der Waals surface area contributed by atoms with Gasteiger partial charge in [0, 0.05) is 50.5 Å². The topological polar surface area (TPSA) is 56.2 Å². The highest BCUT2D eigenvalue weighted by Crippen LogP contribution is 2.38. The van der Waals surface area contributed by atoms with Crippen molar-refractivity contribution in [2.75, 3.05) is 19.8 Å². The Morgan fingerprint density at radius 1 is 1.37 bits per heavy atom. The minimum atomic E-state index is 0.138. The van der Waals surface area contributed by atoms with Crippen LogP contribution in [0, 0.1) is 5.92 Å². The van der Waals surface area contributed by atoms with Crippen molar-refractivity contribution in [2.45, 2.75) is 38.1 Å². The van der Waals surface area contributed by atoms with Gasteiger partial charge in [-0.3, -0.25) is 4.79 Å². The minimum Gasteiger partial charge on any atom is -0.381 e. The molecule has 3 rings (SSSR count). The van der Waals surface area contributed by atoms with Gasteiger partial charge in [-0.25, -0.2) is 4.98 Å². The fraction of sp³-hybridized carbons (Fsp3) is 0.714. The van der Waals surface area contributed by atoms with E-state index in [9.17, 15) is 4.79 Å². The molecule has 0 radical (unpaired) electrons. The van der Waals surface area contributed by atoms with Crippen molar-refractivity contribution in [1.82, 2.24) is 14.9 Å². The number of aromatic nitrogens is 2. The van der Waals surface area contributed by atoms with Crippen LogP contribution >= 0.6 is 0 Å². The van der Waals surface area contributed by atoms with E-state index in [0.29, 0.717) is 25.7 Å². The SMILES string of the molecule is O=C(NCCn1ccnc1C1CC1)C1CCOCC1. The summed E-state index contributed by atoms with van der Waals surface area (Å²) < 4.78 is 7.44. The van der Waals surface area contributed by atoms with Crippen molar-refractivity contribution < 1.29 is 9.53 Å². The van der Waals surface area contributed by atoms with Gasteiger partial charge in [-0.15, -0.1) is 0 Å². The number of ether oxygens (including phenoxy) is 1. The number of carbonyl (C=O) groups is 1. The molecule has 0 spiro atoms. The van der Waals surface area contributed by atoms with Crippen molar-refractivity contribution in [3.05, 3.63) is 18.2 Å². The zero-order valence-electron chi connectivity index (χ0n) is 11.2. The molecule has 1 aliphatic carbocycles. The summed E-state index contributed by atoms with van der Waals surface area (Å²) in [5.74, 6) is 2.15. The summed E-state index contributed by atoms with van der Waals surface area (Å²) in [5, 5.41) is 3.03. The molecule has 1 aromatic rings. The van der Waals surface area contributed by atoms with Gasteiger partial charge in [0.05, 0.1) is 0 Å². The highest BCUT2D eigenvalue weighted by molar-refractivity contribution is 5.78. The number of rotatable bonds is 5. The lowest BCUT2D eigenvalue weighted by Gasteiger charge is -2.21. The molecule has 1 saturated heterocycles. The second-order valence-electron chi connectivity index (χ2n) is 5.43. The summed E-state index contributed by atoms with van der Waals surface area (Å²) in [6.45, 7) is 2.93. The van der Waals surface area contributed by atoms with Crippen LogP contribution in [0.1, 0.15) is 37.4 Å². The van der Waals surface area contributed by atoms with Crippen LogP contribution in [0.15, 0.2) is 12.4 Å². The van der Waals surface area contributed by atoms with Crippen molar-refractivity contribution in [2.24, 2.45) is 5.92 Å². The fourth-order valence-corrected chi connectivity index (χ4v) is 2.61. The van der Waals surface area contributed by atoms with Crippen LogP contribution in [0.25, 0.3) is 0 Å². The highest BCUT2D eigenvalue weighted by atomic mass is 16.5. The Morgan fingerprint density at radius 2 is 2.16 bits per heavy atom. The summed E-state index contributed by atoms with van der Waals surface area (Å²) in [5.41, 5.74) is 0. The van der Waals surface area contributed by atoms with Gasteiger partial charge in [0.1, 0.15) is 5.82 Å². The molecule has 0 unspecified atom stereocenters. The quantitative estimate of drug-likeness (QED) is 0.871. The lowest BCUT2D eigenvalue weighted by atomic mass is 9.99. The molecule has 2 aliphatic rings. The maximum absolute atomic E-state index is 12.0. The Labute approximate surface area is 113 Å². The van der Waals surface area contributed by atoms with Gasteiger partial charge in [-0.2, -0.15) is 0 Å². The molecular weight excluding hydrogens is 242 g/mol. The molecule has 5 heteroatoms. The van der Waals surface area contributed by atoms with E-state index in [1.165, 1.54) is 18.7 Å². The number of carbonyl (C=O) groups excluding carboxylic acids is 1. The summed E-state index contributed by atoms with van der Waals surface area (Å²) in [4.78, 5) is 16.4. The standard InChI is InChI=1S/C14H21N3O2/c18-14(12-3-9-19-10-4-12)16-6-8-17-7-5-15-13(17)11-1-2-11/h5,7,11-12H,1-4,6,8-10H2,(H,16,18). The van der Waals surface area contributed by atoms with Crippen LogP contribution < -0.4 is 5.32 Å².